The SMILES string of the molecule is C=CC(=O)Oc1cccc(Cc2nc(Cc3cccc(OC(=O)C=C)c3)nc(Nc3ccccc3)n2)c1. The van der Waals surface area contributed by atoms with Gasteiger partial charge in [0, 0.05) is 30.7 Å². The van der Waals surface area contributed by atoms with Gasteiger partial charge >= 0.3 is 11.9 Å². The standard InChI is InChI=1S/C29H24N4O4/c1-3-27(34)36-23-14-8-10-20(16-23)18-25-31-26(33-29(32-25)30-22-12-6-5-7-13-22)19-21-11-9-15-24(17-21)37-28(35)4-2/h3-17H,1-2,18-19H2,(H,30,31,32,33). The first kappa shape index (κ1) is 25.0. The Hall–Kier alpha value is -5.11. The number of hydrogen-bond donors (Lipinski definition) is 1. The first-order valence-electron chi connectivity index (χ1n) is 11.4. The van der Waals surface area contributed by atoms with Crippen LogP contribution in [0, 0.1) is 0 Å². The third kappa shape index (κ3) is 7.43. The number of benzene rings is 3. The van der Waals surface area contributed by atoms with Gasteiger partial charge in [0.1, 0.15) is 23.1 Å². The molecule has 0 amide bonds. The molecule has 0 aliphatic heterocycles. The first-order chi connectivity index (χ1) is 18.0. The van der Waals surface area contributed by atoms with Crippen molar-refractivity contribution >= 4 is 23.6 Å². The summed E-state index contributed by atoms with van der Waals surface area (Å²) >= 11 is 0. The summed E-state index contributed by atoms with van der Waals surface area (Å²) in [6, 6.07) is 23.9. The van der Waals surface area contributed by atoms with Crippen LogP contribution in [0.15, 0.2) is 104 Å². The summed E-state index contributed by atoms with van der Waals surface area (Å²) in [6.45, 7) is 6.84. The molecule has 1 N–H and O–H groups in total. The highest BCUT2D eigenvalue weighted by Crippen LogP contribution is 2.20. The lowest BCUT2D eigenvalue weighted by Gasteiger charge is -2.10. The van der Waals surface area contributed by atoms with Crippen LogP contribution < -0.4 is 14.8 Å². The first-order valence-corrected chi connectivity index (χ1v) is 11.4. The van der Waals surface area contributed by atoms with Crippen LogP contribution in [0.4, 0.5) is 11.6 Å². The van der Waals surface area contributed by atoms with Crippen LogP contribution in [0.25, 0.3) is 0 Å². The summed E-state index contributed by atoms with van der Waals surface area (Å²) in [6.07, 6.45) is 2.99. The number of nitrogens with zero attached hydrogens (tertiary/aromatic N) is 3. The van der Waals surface area contributed by atoms with E-state index in [2.05, 4.69) is 33.4 Å². The minimum absolute atomic E-state index is 0.384. The molecule has 8 nitrogen and oxygen atoms in total. The van der Waals surface area contributed by atoms with Gasteiger partial charge in [0.15, 0.2) is 0 Å². The van der Waals surface area contributed by atoms with Crippen molar-refractivity contribution in [1.29, 1.82) is 0 Å². The Morgan fingerprint density at radius 2 is 1.22 bits per heavy atom. The van der Waals surface area contributed by atoms with E-state index in [1.165, 1.54) is 0 Å². The molecule has 0 fully saturated rings. The van der Waals surface area contributed by atoms with Gasteiger partial charge in [-0.3, -0.25) is 0 Å². The maximum Gasteiger partial charge on any atom is 0.335 e. The molecule has 0 unspecified atom stereocenters. The Morgan fingerprint density at radius 1 is 0.703 bits per heavy atom. The molecule has 0 aliphatic carbocycles. The zero-order valence-corrected chi connectivity index (χ0v) is 20.0. The van der Waals surface area contributed by atoms with E-state index in [1.807, 2.05) is 42.5 Å². The average molecular weight is 493 g/mol. The van der Waals surface area contributed by atoms with Crippen LogP contribution in [0.1, 0.15) is 22.8 Å². The van der Waals surface area contributed by atoms with Crippen LogP contribution in [-0.4, -0.2) is 26.9 Å². The molecular weight excluding hydrogens is 468 g/mol. The number of carbonyl (C=O) groups is 2. The topological polar surface area (TPSA) is 103 Å². The van der Waals surface area contributed by atoms with Gasteiger partial charge in [0.05, 0.1) is 0 Å². The lowest BCUT2D eigenvalue weighted by Crippen LogP contribution is -2.09. The predicted molar refractivity (Wildman–Crippen MR) is 140 cm³/mol. The van der Waals surface area contributed by atoms with Crippen molar-refractivity contribution in [2.45, 2.75) is 12.8 Å². The second-order valence-electron chi connectivity index (χ2n) is 7.88. The number of aromatic nitrogens is 3. The monoisotopic (exact) mass is 492 g/mol. The summed E-state index contributed by atoms with van der Waals surface area (Å²) in [7, 11) is 0. The fourth-order valence-corrected chi connectivity index (χ4v) is 3.45. The number of esters is 2. The summed E-state index contributed by atoms with van der Waals surface area (Å²) in [4.78, 5) is 37.0. The minimum atomic E-state index is -0.532. The number of anilines is 2. The number of carbonyl (C=O) groups excluding carboxylic acids is 2. The number of para-hydroxylation sites is 1. The molecule has 4 rings (SSSR count). The lowest BCUT2D eigenvalue weighted by molar-refractivity contribution is -0.129. The number of ether oxygens (including phenoxy) is 2. The molecular formula is C29H24N4O4. The molecule has 3 aromatic carbocycles. The molecule has 37 heavy (non-hydrogen) atoms. The Kier molecular flexibility index (Phi) is 8.13. The number of hydrogen-bond acceptors (Lipinski definition) is 8. The van der Waals surface area contributed by atoms with Crippen LogP contribution in [0.2, 0.25) is 0 Å². The van der Waals surface area contributed by atoms with E-state index < -0.39 is 11.9 Å². The average Bonchev–Trinajstić information content (AvgIpc) is 2.89. The molecule has 4 aromatic rings. The predicted octanol–water partition coefficient (Wildman–Crippen LogP) is 4.98. The van der Waals surface area contributed by atoms with Crippen molar-refractivity contribution in [3.63, 3.8) is 0 Å². The van der Waals surface area contributed by atoms with E-state index in [0.717, 1.165) is 29.0 Å². The Morgan fingerprint density at radius 3 is 1.70 bits per heavy atom. The molecule has 0 saturated heterocycles. The second-order valence-corrected chi connectivity index (χ2v) is 7.88. The smallest absolute Gasteiger partial charge is 0.335 e. The molecule has 184 valence electrons. The molecule has 0 spiro atoms. The van der Waals surface area contributed by atoms with Gasteiger partial charge in [-0.15, -0.1) is 0 Å². The van der Waals surface area contributed by atoms with Crippen LogP contribution in [0.3, 0.4) is 0 Å². The third-order valence-corrected chi connectivity index (χ3v) is 5.05. The summed E-state index contributed by atoms with van der Waals surface area (Å²) < 4.78 is 10.5. The molecule has 0 radical (unpaired) electrons. The van der Waals surface area contributed by atoms with Crippen LogP contribution in [-0.2, 0) is 22.4 Å². The fraction of sp³-hybridized carbons (Fsp3) is 0.0690. The molecule has 0 atom stereocenters. The molecule has 8 heteroatoms. The number of nitrogens with one attached hydrogen (secondary N) is 1. The Balaban J connectivity index is 1.62. The van der Waals surface area contributed by atoms with E-state index in [-0.39, 0.29) is 0 Å². The van der Waals surface area contributed by atoms with E-state index in [0.29, 0.717) is 41.9 Å². The largest absolute Gasteiger partial charge is 0.423 e. The van der Waals surface area contributed by atoms with Crippen molar-refractivity contribution in [2.75, 3.05) is 5.32 Å². The highest BCUT2D eigenvalue weighted by molar-refractivity contribution is 5.83. The van der Waals surface area contributed by atoms with Crippen molar-refractivity contribution in [3.8, 4) is 11.5 Å². The van der Waals surface area contributed by atoms with Crippen LogP contribution in [0.5, 0.6) is 11.5 Å². The van der Waals surface area contributed by atoms with Crippen molar-refractivity contribution in [2.24, 2.45) is 0 Å². The maximum atomic E-state index is 11.6. The Bertz CT molecular complexity index is 1350. The third-order valence-electron chi connectivity index (χ3n) is 5.05. The second kappa shape index (κ2) is 12.0. The van der Waals surface area contributed by atoms with E-state index in [4.69, 9.17) is 9.47 Å². The lowest BCUT2D eigenvalue weighted by atomic mass is 10.1. The minimum Gasteiger partial charge on any atom is -0.423 e. The fourth-order valence-electron chi connectivity index (χ4n) is 3.45. The van der Waals surface area contributed by atoms with Gasteiger partial charge in [0.25, 0.3) is 0 Å². The van der Waals surface area contributed by atoms with Crippen molar-refractivity contribution in [1.82, 2.24) is 15.0 Å². The van der Waals surface area contributed by atoms with Crippen LogP contribution >= 0.6 is 0 Å². The van der Waals surface area contributed by atoms with Gasteiger partial charge in [0.2, 0.25) is 5.95 Å². The van der Waals surface area contributed by atoms with Gasteiger partial charge in [-0.2, -0.15) is 9.97 Å². The molecule has 0 bridgehead atoms. The quantitative estimate of drug-likeness (QED) is 0.188. The maximum absolute atomic E-state index is 11.6. The van der Waals surface area contributed by atoms with E-state index >= 15 is 0 Å². The summed E-state index contributed by atoms with van der Waals surface area (Å²) in [5, 5.41) is 3.22. The normalized spacial score (nSPS) is 10.3. The molecule has 0 saturated carbocycles. The van der Waals surface area contributed by atoms with Crippen molar-refractivity contribution < 1.29 is 19.1 Å². The van der Waals surface area contributed by atoms with Gasteiger partial charge in [-0.05, 0) is 47.5 Å². The highest BCUT2D eigenvalue weighted by Gasteiger charge is 2.11. The number of rotatable bonds is 10. The highest BCUT2D eigenvalue weighted by atomic mass is 16.5. The summed E-state index contributed by atoms with van der Waals surface area (Å²) in [5.41, 5.74) is 2.55. The Labute approximate surface area is 214 Å². The van der Waals surface area contributed by atoms with Gasteiger partial charge in [-0.1, -0.05) is 55.6 Å². The zero-order chi connectivity index (χ0) is 26.0. The molecule has 1 aromatic heterocycles. The molecule has 0 aliphatic rings. The van der Waals surface area contributed by atoms with Gasteiger partial charge in [-0.25, -0.2) is 14.6 Å². The van der Waals surface area contributed by atoms with Gasteiger partial charge < -0.3 is 14.8 Å². The summed E-state index contributed by atoms with van der Waals surface area (Å²) in [5.74, 6) is 1.21. The molecule has 1 heterocycles. The zero-order valence-electron chi connectivity index (χ0n) is 20.0. The van der Waals surface area contributed by atoms with E-state index in [9.17, 15) is 9.59 Å². The van der Waals surface area contributed by atoms with Crippen molar-refractivity contribution in [3.05, 3.63) is 127 Å². The van der Waals surface area contributed by atoms with E-state index in [1.54, 1.807) is 36.4 Å².